The van der Waals surface area contributed by atoms with Crippen LogP contribution in [0.2, 0.25) is 0 Å². The van der Waals surface area contributed by atoms with Crippen molar-refractivity contribution in [3.05, 3.63) is 52.8 Å². The first-order valence-corrected chi connectivity index (χ1v) is 9.92. The first-order chi connectivity index (χ1) is 12.7. The number of hydrogen-bond donors (Lipinski definition) is 2. The lowest BCUT2D eigenvalue weighted by Gasteiger charge is -2.25. The number of aliphatic hydroxyl groups is 1. The number of methoxy groups -OCH3 is 2. The average molecular weight is 395 g/mol. The molecule has 6 nitrogen and oxygen atoms in total. The van der Waals surface area contributed by atoms with Gasteiger partial charge >= 0.3 is 0 Å². The van der Waals surface area contributed by atoms with Crippen LogP contribution in [0.15, 0.2) is 35.2 Å². The molecule has 8 heteroatoms. The summed E-state index contributed by atoms with van der Waals surface area (Å²) < 4.78 is 51.5. The van der Waals surface area contributed by atoms with E-state index in [0.29, 0.717) is 29.9 Å². The molecule has 1 aliphatic rings. The summed E-state index contributed by atoms with van der Waals surface area (Å²) in [7, 11) is -0.859. The van der Waals surface area contributed by atoms with Crippen LogP contribution in [0.25, 0.3) is 0 Å². The van der Waals surface area contributed by atoms with E-state index in [2.05, 4.69) is 4.72 Å². The van der Waals surface area contributed by atoms with E-state index in [1.807, 2.05) is 0 Å². The van der Waals surface area contributed by atoms with Gasteiger partial charge in [0.1, 0.15) is 11.4 Å². The van der Waals surface area contributed by atoms with E-state index < -0.39 is 21.4 Å². The summed E-state index contributed by atoms with van der Waals surface area (Å²) in [6.07, 6.45) is 0.952. The Morgan fingerprint density at radius 3 is 2.48 bits per heavy atom. The summed E-state index contributed by atoms with van der Waals surface area (Å²) in [5, 5.41) is 11.1. The van der Waals surface area contributed by atoms with E-state index in [-0.39, 0.29) is 17.0 Å². The Morgan fingerprint density at radius 2 is 1.85 bits per heavy atom. The fourth-order valence-electron chi connectivity index (χ4n) is 3.30. The number of nitrogens with one attached hydrogen (secondary N) is 1. The summed E-state index contributed by atoms with van der Waals surface area (Å²) in [4.78, 5) is -0.0458. The highest BCUT2D eigenvalue weighted by Crippen LogP contribution is 2.42. The van der Waals surface area contributed by atoms with Crippen LogP contribution in [0.3, 0.4) is 0 Å². The molecule has 1 unspecified atom stereocenters. The van der Waals surface area contributed by atoms with E-state index in [1.54, 1.807) is 12.1 Å². The van der Waals surface area contributed by atoms with Gasteiger partial charge in [0, 0.05) is 6.54 Å². The Balaban J connectivity index is 1.86. The molecule has 0 radical (unpaired) electrons. The predicted molar refractivity (Wildman–Crippen MR) is 98.1 cm³/mol. The fraction of sp³-hybridized carbons (Fsp3) is 0.368. The van der Waals surface area contributed by atoms with Crippen molar-refractivity contribution in [2.24, 2.45) is 0 Å². The highest BCUT2D eigenvalue weighted by atomic mass is 32.2. The van der Waals surface area contributed by atoms with Gasteiger partial charge in [-0.2, -0.15) is 0 Å². The van der Waals surface area contributed by atoms with E-state index in [9.17, 15) is 17.9 Å². The number of halogens is 1. The molecule has 1 aliphatic carbocycles. The van der Waals surface area contributed by atoms with Gasteiger partial charge in [0.2, 0.25) is 10.0 Å². The number of benzene rings is 2. The Morgan fingerprint density at radius 1 is 1.19 bits per heavy atom. The maximum Gasteiger partial charge on any atom is 0.240 e. The summed E-state index contributed by atoms with van der Waals surface area (Å²) in [6.45, 7) is 1.29. The van der Waals surface area contributed by atoms with Crippen molar-refractivity contribution >= 4 is 10.0 Å². The SMILES string of the molecule is COc1cc2c(cc1OC)C(O)(CNS(=O)(=O)c1ccc(F)c(C)c1)CC2. The molecule has 1 atom stereocenters. The quantitative estimate of drug-likeness (QED) is 0.784. The van der Waals surface area contributed by atoms with Crippen LogP contribution >= 0.6 is 0 Å². The molecule has 0 amide bonds. The van der Waals surface area contributed by atoms with Gasteiger partial charge in [-0.15, -0.1) is 0 Å². The van der Waals surface area contributed by atoms with Crippen molar-refractivity contribution in [3.63, 3.8) is 0 Å². The molecule has 2 N–H and O–H groups in total. The zero-order valence-corrected chi connectivity index (χ0v) is 16.2. The Bertz CT molecular complexity index is 976. The first-order valence-electron chi connectivity index (χ1n) is 8.44. The van der Waals surface area contributed by atoms with Gasteiger partial charge < -0.3 is 14.6 Å². The standard InChI is InChI=1S/C19H22FNO5S/c1-12-8-14(4-5-16(12)20)27(23,24)21-11-19(22)7-6-13-9-17(25-2)18(26-3)10-15(13)19/h4-5,8-10,21-22H,6-7,11H2,1-3H3. The third kappa shape index (κ3) is 3.65. The summed E-state index contributed by atoms with van der Waals surface area (Å²) in [5.74, 6) is 0.551. The van der Waals surface area contributed by atoms with Crippen LogP contribution in [0, 0.1) is 12.7 Å². The molecule has 2 aromatic rings. The van der Waals surface area contributed by atoms with Crippen molar-refractivity contribution < 1.29 is 27.4 Å². The number of fused-ring (bicyclic) bond motifs is 1. The zero-order valence-electron chi connectivity index (χ0n) is 15.4. The number of sulfonamides is 1. The summed E-state index contributed by atoms with van der Waals surface area (Å²) in [5.41, 5.74) is 0.363. The van der Waals surface area contributed by atoms with Crippen molar-refractivity contribution in [1.82, 2.24) is 4.72 Å². The van der Waals surface area contributed by atoms with Crippen LogP contribution in [0.4, 0.5) is 4.39 Å². The van der Waals surface area contributed by atoms with Gasteiger partial charge in [-0.25, -0.2) is 17.5 Å². The molecule has 0 bridgehead atoms. The minimum absolute atomic E-state index is 0.0458. The minimum Gasteiger partial charge on any atom is -0.493 e. The van der Waals surface area contributed by atoms with Crippen LogP contribution in [0.1, 0.15) is 23.1 Å². The molecule has 0 saturated heterocycles. The highest BCUT2D eigenvalue weighted by molar-refractivity contribution is 7.89. The van der Waals surface area contributed by atoms with Gasteiger partial charge in [-0.05, 0) is 66.8 Å². The van der Waals surface area contributed by atoms with Gasteiger partial charge in [-0.1, -0.05) is 0 Å². The van der Waals surface area contributed by atoms with E-state index in [0.717, 1.165) is 11.6 Å². The topological polar surface area (TPSA) is 84.9 Å². The van der Waals surface area contributed by atoms with Gasteiger partial charge in [0.05, 0.1) is 19.1 Å². The van der Waals surface area contributed by atoms with Crippen LogP contribution in [0.5, 0.6) is 11.5 Å². The molecule has 0 spiro atoms. The van der Waals surface area contributed by atoms with E-state index in [4.69, 9.17) is 9.47 Å². The highest BCUT2D eigenvalue weighted by Gasteiger charge is 2.39. The summed E-state index contributed by atoms with van der Waals surface area (Å²) in [6, 6.07) is 7.05. The number of ether oxygens (including phenoxy) is 2. The lowest BCUT2D eigenvalue weighted by Crippen LogP contribution is -2.39. The maximum absolute atomic E-state index is 13.4. The maximum atomic E-state index is 13.4. The molecule has 0 fully saturated rings. The lowest BCUT2D eigenvalue weighted by atomic mass is 9.96. The minimum atomic E-state index is -3.89. The molecule has 3 rings (SSSR count). The van der Waals surface area contributed by atoms with Gasteiger partial charge in [-0.3, -0.25) is 0 Å². The molecule has 0 heterocycles. The molecule has 0 aromatic heterocycles. The molecule has 0 aliphatic heterocycles. The van der Waals surface area contributed by atoms with Crippen LogP contribution in [-0.4, -0.2) is 34.3 Å². The van der Waals surface area contributed by atoms with Crippen LogP contribution in [-0.2, 0) is 22.0 Å². The Hall–Kier alpha value is -2.16. The van der Waals surface area contributed by atoms with Gasteiger partial charge in [0.25, 0.3) is 0 Å². The van der Waals surface area contributed by atoms with Crippen molar-refractivity contribution in [3.8, 4) is 11.5 Å². The van der Waals surface area contributed by atoms with E-state index in [1.165, 1.54) is 33.3 Å². The second-order valence-electron chi connectivity index (χ2n) is 6.63. The largest absolute Gasteiger partial charge is 0.493 e. The fourth-order valence-corrected chi connectivity index (χ4v) is 4.48. The monoisotopic (exact) mass is 395 g/mol. The smallest absolute Gasteiger partial charge is 0.240 e. The Kier molecular flexibility index (Phi) is 5.16. The van der Waals surface area contributed by atoms with Crippen molar-refractivity contribution in [2.45, 2.75) is 30.3 Å². The number of rotatable bonds is 6. The molecule has 0 saturated carbocycles. The molecular formula is C19H22FNO5S. The number of aryl methyl sites for hydroxylation is 2. The van der Waals surface area contributed by atoms with Crippen LogP contribution < -0.4 is 14.2 Å². The van der Waals surface area contributed by atoms with E-state index >= 15 is 0 Å². The van der Waals surface area contributed by atoms with Crippen molar-refractivity contribution in [1.29, 1.82) is 0 Å². The Labute approximate surface area is 158 Å². The molecule has 2 aromatic carbocycles. The number of hydrogen-bond acceptors (Lipinski definition) is 5. The normalized spacial score (nSPS) is 19.0. The average Bonchev–Trinajstić information content (AvgIpc) is 2.97. The molecule has 27 heavy (non-hydrogen) atoms. The third-order valence-corrected chi connectivity index (χ3v) is 6.31. The van der Waals surface area contributed by atoms with Gasteiger partial charge in [0.15, 0.2) is 11.5 Å². The third-order valence-electron chi connectivity index (χ3n) is 4.91. The molecule has 146 valence electrons. The summed E-state index contributed by atoms with van der Waals surface area (Å²) >= 11 is 0. The second-order valence-corrected chi connectivity index (χ2v) is 8.40. The predicted octanol–water partition coefficient (Wildman–Crippen LogP) is 2.26. The lowest BCUT2D eigenvalue weighted by molar-refractivity contribution is 0.0440. The zero-order chi connectivity index (χ0) is 19.8. The first kappa shape index (κ1) is 19.6. The van der Waals surface area contributed by atoms with Crippen molar-refractivity contribution in [2.75, 3.05) is 20.8 Å². The second kappa shape index (κ2) is 7.10. The molecular weight excluding hydrogens is 373 g/mol.